The summed E-state index contributed by atoms with van der Waals surface area (Å²) in [5.74, 6) is 0.0516. The van der Waals surface area contributed by atoms with Crippen molar-refractivity contribution in [2.24, 2.45) is 0 Å². The summed E-state index contributed by atoms with van der Waals surface area (Å²) in [6, 6.07) is 14.9. The number of hydrogen-bond acceptors (Lipinski definition) is 3. The first-order valence-corrected chi connectivity index (χ1v) is 10.1. The van der Waals surface area contributed by atoms with Gasteiger partial charge in [-0.25, -0.2) is 0 Å². The molecule has 0 aromatic heterocycles. The molecule has 1 saturated heterocycles. The SMILES string of the molecule is Cc1ccc2c(c1)CCCN2CC(=O)Nc1ccc(CN2CCCC2)cc1. The molecule has 0 bridgehead atoms. The van der Waals surface area contributed by atoms with Crippen LogP contribution >= 0.6 is 0 Å². The van der Waals surface area contributed by atoms with Crippen molar-refractivity contribution in [2.45, 2.75) is 39.2 Å². The lowest BCUT2D eigenvalue weighted by molar-refractivity contribution is -0.115. The van der Waals surface area contributed by atoms with E-state index in [2.05, 4.69) is 52.4 Å². The lowest BCUT2D eigenvalue weighted by atomic mass is 9.99. The molecule has 2 aromatic rings. The van der Waals surface area contributed by atoms with E-state index in [-0.39, 0.29) is 5.91 Å². The molecular formula is C23H29N3O. The zero-order chi connectivity index (χ0) is 18.6. The van der Waals surface area contributed by atoms with Gasteiger partial charge in [-0.2, -0.15) is 0 Å². The largest absolute Gasteiger partial charge is 0.362 e. The molecule has 0 spiro atoms. The number of carbonyl (C=O) groups excluding carboxylic acids is 1. The van der Waals surface area contributed by atoms with Gasteiger partial charge in [-0.3, -0.25) is 9.69 Å². The summed E-state index contributed by atoms with van der Waals surface area (Å²) in [7, 11) is 0. The number of benzene rings is 2. The van der Waals surface area contributed by atoms with Gasteiger partial charge in [0.05, 0.1) is 6.54 Å². The average molecular weight is 364 g/mol. The molecule has 0 aliphatic carbocycles. The Kier molecular flexibility index (Phi) is 5.44. The Balaban J connectivity index is 1.34. The van der Waals surface area contributed by atoms with Crippen molar-refractivity contribution in [1.82, 2.24) is 4.90 Å². The number of fused-ring (bicyclic) bond motifs is 1. The summed E-state index contributed by atoms with van der Waals surface area (Å²) in [4.78, 5) is 17.3. The predicted octanol–water partition coefficient (Wildman–Crippen LogP) is 3.98. The molecule has 142 valence electrons. The Labute approximate surface area is 162 Å². The van der Waals surface area contributed by atoms with E-state index in [1.54, 1.807) is 0 Å². The summed E-state index contributed by atoms with van der Waals surface area (Å²) < 4.78 is 0. The molecule has 2 aliphatic rings. The predicted molar refractivity (Wildman–Crippen MR) is 111 cm³/mol. The maximum absolute atomic E-state index is 12.6. The highest BCUT2D eigenvalue weighted by Crippen LogP contribution is 2.27. The van der Waals surface area contributed by atoms with E-state index in [0.29, 0.717) is 6.54 Å². The van der Waals surface area contributed by atoms with Crippen LogP contribution in [0.5, 0.6) is 0 Å². The van der Waals surface area contributed by atoms with Crippen LogP contribution in [-0.2, 0) is 17.8 Å². The van der Waals surface area contributed by atoms with Crippen LogP contribution in [-0.4, -0.2) is 37.0 Å². The van der Waals surface area contributed by atoms with Crippen LogP contribution in [0.3, 0.4) is 0 Å². The third kappa shape index (κ3) is 4.51. The van der Waals surface area contributed by atoms with Gasteiger partial charge in [0, 0.05) is 24.5 Å². The topological polar surface area (TPSA) is 35.6 Å². The lowest BCUT2D eigenvalue weighted by Crippen LogP contribution is -2.36. The number of likely N-dealkylation sites (tertiary alicyclic amines) is 1. The molecule has 4 nitrogen and oxygen atoms in total. The van der Waals surface area contributed by atoms with Crippen LogP contribution in [0.2, 0.25) is 0 Å². The fourth-order valence-electron chi connectivity index (χ4n) is 4.23. The monoisotopic (exact) mass is 363 g/mol. The smallest absolute Gasteiger partial charge is 0.243 e. The van der Waals surface area contributed by atoms with Crippen molar-refractivity contribution in [2.75, 3.05) is 36.4 Å². The molecule has 1 amide bonds. The molecule has 27 heavy (non-hydrogen) atoms. The molecule has 0 atom stereocenters. The number of amides is 1. The van der Waals surface area contributed by atoms with Gasteiger partial charge in [0.25, 0.3) is 0 Å². The van der Waals surface area contributed by atoms with Crippen molar-refractivity contribution >= 4 is 17.3 Å². The fraction of sp³-hybridized carbons (Fsp3) is 0.435. The van der Waals surface area contributed by atoms with Crippen molar-refractivity contribution in [3.63, 3.8) is 0 Å². The molecule has 2 heterocycles. The molecule has 0 saturated carbocycles. The van der Waals surface area contributed by atoms with Crippen LogP contribution in [0.15, 0.2) is 42.5 Å². The molecular weight excluding hydrogens is 334 g/mol. The Morgan fingerprint density at radius 1 is 1.00 bits per heavy atom. The zero-order valence-corrected chi connectivity index (χ0v) is 16.2. The van der Waals surface area contributed by atoms with Crippen molar-refractivity contribution in [1.29, 1.82) is 0 Å². The zero-order valence-electron chi connectivity index (χ0n) is 16.2. The first-order chi connectivity index (χ1) is 13.2. The molecule has 4 rings (SSSR count). The van der Waals surface area contributed by atoms with Crippen molar-refractivity contribution in [3.8, 4) is 0 Å². The molecule has 1 N–H and O–H groups in total. The number of nitrogens with one attached hydrogen (secondary N) is 1. The summed E-state index contributed by atoms with van der Waals surface area (Å²) in [6.07, 6.45) is 4.84. The van der Waals surface area contributed by atoms with Crippen molar-refractivity contribution < 1.29 is 4.79 Å². The first kappa shape index (κ1) is 18.1. The number of hydrogen-bond donors (Lipinski definition) is 1. The number of carbonyl (C=O) groups is 1. The first-order valence-electron chi connectivity index (χ1n) is 10.1. The van der Waals surface area contributed by atoms with E-state index in [4.69, 9.17) is 0 Å². The minimum absolute atomic E-state index is 0.0516. The Morgan fingerprint density at radius 3 is 2.56 bits per heavy atom. The summed E-state index contributed by atoms with van der Waals surface area (Å²) in [6.45, 7) is 6.89. The fourth-order valence-corrected chi connectivity index (χ4v) is 4.23. The summed E-state index contributed by atoms with van der Waals surface area (Å²) in [5, 5.41) is 3.06. The Hall–Kier alpha value is -2.33. The second kappa shape index (κ2) is 8.13. The molecule has 0 radical (unpaired) electrons. The highest BCUT2D eigenvalue weighted by atomic mass is 16.2. The van der Waals surface area contributed by atoms with Gasteiger partial charge >= 0.3 is 0 Å². The van der Waals surface area contributed by atoms with Gasteiger partial charge in [-0.1, -0.05) is 29.8 Å². The molecule has 2 aliphatic heterocycles. The van der Waals surface area contributed by atoms with E-state index in [1.807, 2.05) is 12.1 Å². The average Bonchev–Trinajstić information content (AvgIpc) is 3.16. The second-order valence-electron chi connectivity index (χ2n) is 7.89. The third-order valence-electron chi connectivity index (χ3n) is 5.63. The van der Waals surface area contributed by atoms with Gasteiger partial charge in [0.1, 0.15) is 0 Å². The highest BCUT2D eigenvalue weighted by molar-refractivity contribution is 5.94. The van der Waals surface area contributed by atoms with Gasteiger partial charge < -0.3 is 10.2 Å². The van der Waals surface area contributed by atoms with Crippen molar-refractivity contribution in [3.05, 3.63) is 59.2 Å². The van der Waals surface area contributed by atoms with E-state index in [0.717, 1.165) is 31.6 Å². The number of aryl methyl sites for hydroxylation is 2. The van der Waals surface area contributed by atoms with Gasteiger partial charge in [0.2, 0.25) is 5.91 Å². The number of nitrogens with zero attached hydrogens (tertiary/aromatic N) is 2. The molecule has 4 heteroatoms. The molecule has 0 unspecified atom stereocenters. The van der Waals surface area contributed by atoms with Crippen LogP contribution in [0.4, 0.5) is 11.4 Å². The maximum Gasteiger partial charge on any atom is 0.243 e. The number of rotatable bonds is 5. The minimum atomic E-state index is 0.0516. The molecule has 1 fully saturated rings. The Morgan fingerprint density at radius 2 is 1.78 bits per heavy atom. The van der Waals surface area contributed by atoms with E-state index in [9.17, 15) is 4.79 Å². The maximum atomic E-state index is 12.6. The van der Waals surface area contributed by atoms with E-state index in [1.165, 1.54) is 48.3 Å². The second-order valence-corrected chi connectivity index (χ2v) is 7.89. The minimum Gasteiger partial charge on any atom is -0.362 e. The summed E-state index contributed by atoms with van der Waals surface area (Å²) in [5.41, 5.74) is 6.05. The number of anilines is 2. The van der Waals surface area contributed by atoms with Gasteiger partial charge in [-0.15, -0.1) is 0 Å². The van der Waals surface area contributed by atoms with Crippen LogP contribution in [0.1, 0.15) is 36.0 Å². The normalized spacial score (nSPS) is 17.0. The van der Waals surface area contributed by atoms with Crippen LogP contribution < -0.4 is 10.2 Å². The summed E-state index contributed by atoms with van der Waals surface area (Å²) >= 11 is 0. The van der Waals surface area contributed by atoms with Gasteiger partial charge in [-0.05, 0) is 75.0 Å². The van der Waals surface area contributed by atoms with E-state index >= 15 is 0 Å². The highest BCUT2D eigenvalue weighted by Gasteiger charge is 2.19. The van der Waals surface area contributed by atoms with Crippen LogP contribution in [0, 0.1) is 6.92 Å². The van der Waals surface area contributed by atoms with Gasteiger partial charge in [0.15, 0.2) is 0 Å². The Bertz CT molecular complexity index is 794. The quantitative estimate of drug-likeness (QED) is 0.873. The van der Waals surface area contributed by atoms with Crippen LogP contribution in [0.25, 0.3) is 0 Å². The van der Waals surface area contributed by atoms with E-state index < -0.39 is 0 Å². The molecule has 2 aromatic carbocycles. The standard InChI is InChI=1S/C23H29N3O/c1-18-6-11-22-20(15-18)5-4-14-26(22)17-23(27)24-21-9-7-19(8-10-21)16-25-12-2-3-13-25/h6-11,15H,2-5,12-14,16-17H2,1H3,(H,24,27). The third-order valence-corrected chi connectivity index (χ3v) is 5.63. The lowest BCUT2D eigenvalue weighted by Gasteiger charge is -2.31.